The van der Waals surface area contributed by atoms with Crippen LogP contribution in [-0.4, -0.2) is 47.7 Å². The molecule has 0 aromatic carbocycles. The molecule has 2 aliphatic rings. The van der Waals surface area contributed by atoms with E-state index in [0.29, 0.717) is 6.42 Å². The van der Waals surface area contributed by atoms with E-state index in [0.717, 1.165) is 44.4 Å². The van der Waals surface area contributed by atoms with Gasteiger partial charge < -0.3 is 10.4 Å². The van der Waals surface area contributed by atoms with Crippen LogP contribution in [0.5, 0.6) is 0 Å². The molecule has 1 aliphatic heterocycles. The molecule has 0 amide bonds. The maximum absolute atomic E-state index is 11.1. The summed E-state index contributed by atoms with van der Waals surface area (Å²) < 4.78 is 0. The molecule has 1 heterocycles. The van der Waals surface area contributed by atoms with E-state index in [1.54, 1.807) is 0 Å². The van der Waals surface area contributed by atoms with E-state index in [-0.39, 0.29) is 6.04 Å². The van der Waals surface area contributed by atoms with E-state index in [2.05, 4.69) is 10.2 Å². The van der Waals surface area contributed by atoms with E-state index in [1.807, 2.05) is 6.92 Å². The zero-order valence-electron chi connectivity index (χ0n) is 10.7. The highest BCUT2D eigenvalue weighted by molar-refractivity contribution is 5.73. The third kappa shape index (κ3) is 3.68. The van der Waals surface area contributed by atoms with Gasteiger partial charge in [0, 0.05) is 6.04 Å². The number of rotatable bonds is 6. The lowest BCUT2D eigenvalue weighted by atomic mass is 9.95. The molecule has 1 atom stereocenters. The van der Waals surface area contributed by atoms with Crippen LogP contribution in [0.2, 0.25) is 0 Å². The minimum atomic E-state index is -0.665. The number of hydrogen-bond donors (Lipinski definition) is 2. The molecule has 0 radical (unpaired) electrons. The number of nitrogens with zero attached hydrogens (tertiary/aromatic N) is 1. The summed E-state index contributed by atoms with van der Waals surface area (Å²) in [5.74, 6) is 0.0835. The van der Waals surface area contributed by atoms with E-state index in [1.165, 1.54) is 12.8 Å². The lowest BCUT2D eigenvalue weighted by molar-refractivity contribution is -0.144. The monoisotopic (exact) mass is 240 g/mol. The SMILES string of the molecule is CCC(C(=O)O)N1CCC(CNC2CC2)CC1. The minimum Gasteiger partial charge on any atom is -0.480 e. The largest absolute Gasteiger partial charge is 0.480 e. The first-order valence-corrected chi connectivity index (χ1v) is 6.91. The molecular formula is C13H24N2O2. The van der Waals surface area contributed by atoms with Gasteiger partial charge in [-0.1, -0.05) is 6.92 Å². The van der Waals surface area contributed by atoms with Crippen molar-refractivity contribution in [3.05, 3.63) is 0 Å². The minimum absolute atomic E-state index is 0.271. The highest BCUT2D eigenvalue weighted by Gasteiger charge is 2.29. The first kappa shape index (κ1) is 12.8. The number of nitrogens with one attached hydrogen (secondary N) is 1. The smallest absolute Gasteiger partial charge is 0.320 e. The van der Waals surface area contributed by atoms with Gasteiger partial charge >= 0.3 is 5.97 Å². The van der Waals surface area contributed by atoms with Crippen LogP contribution in [0.1, 0.15) is 39.0 Å². The summed E-state index contributed by atoms with van der Waals surface area (Å²) in [6.45, 7) is 4.98. The fourth-order valence-corrected chi connectivity index (χ4v) is 2.68. The molecule has 0 spiro atoms. The first-order valence-electron chi connectivity index (χ1n) is 6.91. The van der Waals surface area contributed by atoms with Crippen LogP contribution < -0.4 is 5.32 Å². The molecular weight excluding hydrogens is 216 g/mol. The molecule has 1 saturated carbocycles. The van der Waals surface area contributed by atoms with E-state index in [4.69, 9.17) is 5.11 Å². The van der Waals surface area contributed by atoms with Gasteiger partial charge in [-0.3, -0.25) is 9.69 Å². The summed E-state index contributed by atoms with van der Waals surface area (Å²) in [5, 5.41) is 12.7. The van der Waals surface area contributed by atoms with E-state index in [9.17, 15) is 4.79 Å². The Morgan fingerprint density at radius 1 is 1.35 bits per heavy atom. The summed E-state index contributed by atoms with van der Waals surface area (Å²) in [6, 6.07) is 0.516. The van der Waals surface area contributed by atoms with Gasteiger partial charge in [0.1, 0.15) is 6.04 Å². The van der Waals surface area contributed by atoms with Crippen molar-refractivity contribution in [2.45, 2.75) is 51.1 Å². The summed E-state index contributed by atoms with van der Waals surface area (Å²) in [5.41, 5.74) is 0. The van der Waals surface area contributed by atoms with Crippen LogP contribution in [-0.2, 0) is 4.79 Å². The summed E-state index contributed by atoms with van der Waals surface area (Å²) >= 11 is 0. The van der Waals surface area contributed by atoms with E-state index < -0.39 is 5.97 Å². The Morgan fingerprint density at radius 3 is 2.47 bits per heavy atom. The Kier molecular flexibility index (Phi) is 4.40. The first-order chi connectivity index (χ1) is 8.20. The molecule has 1 saturated heterocycles. The summed E-state index contributed by atoms with van der Waals surface area (Å²) in [6.07, 6.45) is 5.68. The maximum Gasteiger partial charge on any atom is 0.320 e. The molecule has 2 rings (SSSR count). The normalized spacial score (nSPS) is 24.8. The van der Waals surface area contributed by atoms with Crippen molar-refractivity contribution in [1.29, 1.82) is 0 Å². The highest BCUT2D eigenvalue weighted by Crippen LogP contribution is 2.23. The van der Waals surface area contributed by atoms with Gasteiger partial charge in [-0.15, -0.1) is 0 Å². The van der Waals surface area contributed by atoms with Crippen molar-refractivity contribution in [3.8, 4) is 0 Å². The van der Waals surface area contributed by atoms with Crippen LogP contribution in [0.15, 0.2) is 0 Å². The van der Waals surface area contributed by atoms with Gasteiger partial charge in [0.25, 0.3) is 0 Å². The fraction of sp³-hybridized carbons (Fsp3) is 0.923. The van der Waals surface area contributed by atoms with Crippen molar-refractivity contribution < 1.29 is 9.90 Å². The Balaban J connectivity index is 1.70. The van der Waals surface area contributed by atoms with Crippen LogP contribution in [0, 0.1) is 5.92 Å². The maximum atomic E-state index is 11.1. The van der Waals surface area contributed by atoms with Crippen molar-refractivity contribution in [1.82, 2.24) is 10.2 Å². The number of aliphatic carboxylic acids is 1. The molecule has 1 unspecified atom stereocenters. The number of likely N-dealkylation sites (tertiary alicyclic amines) is 1. The Hall–Kier alpha value is -0.610. The van der Waals surface area contributed by atoms with Crippen molar-refractivity contribution in [2.75, 3.05) is 19.6 Å². The zero-order chi connectivity index (χ0) is 12.3. The molecule has 2 N–H and O–H groups in total. The molecule has 98 valence electrons. The van der Waals surface area contributed by atoms with Crippen molar-refractivity contribution >= 4 is 5.97 Å². The Morgan fingerprint density at radius 2 is 2.00 bits per heavy atom. The molecule has 4 nitrogen and oxygen atoms in total. The molecule has 2 fully saturated rings. The van der Waals surface area contributed by atoms with Crippen LogP contribution in [0.4, 0.5) is 0 Å². The summed E-state index contributed by atoms with van der Waals surface area (Å²) in [4.78, 5) is 13.2. The Labute approximate surface area is 103 Å². The van der Waals surface area contributed by atoms with Crippen LogP contribution in [0.25, 0.3) is 0 Å². The lowest BCUT2D eigenvalue weighted by Crippen LogP contribution is -2.46. The van der Waals surface area contributed by atoms with Gasteiger partial charge in [-0.05, 0) is 57.7 Å². The second kappa shape index (κ2) is 5.83. The molecule has 0 aromatic heterocycles. The molecule has 1 aliphatic carbocycles. The van der Waals surface area contributed by atoms with Gasteiger partial charge in [0.2, 0.25) is 0 Å². The zero-order valence-corrected chi connectivity index (χ0v) is 10.7. The average Bonchev–Trinajstić information content (AvgIpc) is 3.12. The molecule has 0 bridgehead atoms. The Bertz CT molecular complexity index is 258. The summed E-state index contributed by atoms with van der Waals surface area (Å²) in [7, 11) is 0. The number of carboxylic acid groups (broad SMARTS) is 1. The number of hydrogen-bond acceptors (Lipinski definition) is 3. The fourth-order valence-electron chi connectivity index (χ4n) is 2.68. The predicted octanol–water partition coefficient (Wildman–Crippen LogP) is 1.31. The van der Waals surface area contributed by atoms with Gasteiger partial charge in [0.15, 0.2) is 0 Å². The third-order valence-corrected chi connectivity index (χ3v) is 4.03. The van der Waals surface area contributed by atoms with Crippen molar-refractivity contribution in [2.24, 2.45) is 5.92 Å². The number of piperidine rings is 1. The topological polar surface area (TPSA) is 52.6 Å². The van der Waals surface area contributed by atoms with Crippen LogP contribution in [0.3, 0.4) is 0 Å². The van der Waals surface area contributed by atoms with Crippen molar-refractivity contribution in [3.63, 3.8) is 0 Å². The molecule has 4 heteroatoms. The lowest BCUT2D eigenvalue weighted by Gasteiger charge is -2.35. The average molecular weight is 240 g/mol. The molecule has 17 heavy (non-hydrogen) atoms. The highest BCUT2D eigenvalue weighted by atomic mass is 16.4. The predicted molar refractivity (Wildman–Crippen MR) is 67.0 cm³/mol. The third-order valence-electron chi connectivity index (χ3n) is 4.03. The van der Waals surface area contributed by atoms with Gasteiger partial charge in [-0.2, -0.15) is 0 Å². The van der Waals surface area contributed by atoms with Crippen LogP contribution >= 0.6 is 0 Å². The van der Waals surface area contributed by atoms with E-state index >= 15 is 0 Å². The second-order valence-corrected chi connectivity index (χ2v) is 5.42. The van der Waals surface area contributed by atoms with Gasteiger partial charge in [-0.25, -0.2) is 0 Å². The standard InChI is InChI=1S/C13H24N2O2/c1-2-12(13(16)17)15-7-5-10(6-8-15)9-14-11-3-4-11/h10-12,14H,2-9H2,1H3,(H,16,17). The second-order valence-electron chi connectivity index (χ2n) is 5.42. The number of carbonyl (C=O) groups is 1. The van der Waals surface area contributed by atoms with Gasteiger partial charge in [0.05, 0.1) is 0 Å². The molecule has 0 aromatic rings. The quantitative estimate of drug-likeness (QED) is 0.735. The number of carboxylic acids is 1.